The fraction of sp³-hybridized carbons (Fsp3) is 1.00. The van der Waals surface area contributed by atoms with Crippen molar-refractivity contribution in [3.05, 3.63) is 0 Å². The summed E-state index contributed by atoms with van der Waals surface area (Å²) in [6.07, 6.45) is 0.419. The quantitative estimate of drug-likeness (QED) is 0.718. The maximum Gasteiger partial charge on any atom is 0.187 e. The zero-order chi connectivity index (χ0) is 9.12. The van der Waals surface area contributed by atoms with Crippen molar-refractivity contribution in [1.29, 1.82) is 0 Å². The summed E-state index contributed by atoms with van der Waals surface area (Å²) in [4.78, 5) is 0. The Labute approximate surface area is 74.6 Å². The van der Waals surface area contributed by atoms with Gasteiger partial charge in [0.2, 0.25) is 0 Å². The SMILES string of the molecule is CC(C)(O)CCC(F)(Br)CO. The minimum absolute atomic E-state index is 0.104. The van der Waals surface area contributed by atoms with E-state index in [1.807, 2.05) is 0 Å². The lowest BCUT2D eigenvalue weighted by molar-refractivity contribution is 0.0490. The maximum absolute atomic E-state index is 12.9. The normalized spacial score (nSPS) is 18.0. The Morgan fingerprint density at radius 1 is 1.36 bits per heavy atom. The molecule has 0 aliphatic rings. The third-order valence-corrected chi connectivity index (χ3v) is 1.98. The maximum atomic E-state index is 12.9. The molecule has 0 aliphatic heterocycles. The van der Waals surface area contributed by atoms with Crippen LogP contribution in [0.4, 0.5) is 4.39 Å². The molecule has 0 amide bonds. The molecule has 0 radical (unpaired) electrons. The number of halogens is 2. The summed E-state index contributed by atoms with van der Waals surface area (Å²) in [6.45, 7) is 2.64. The molecule has 0 rings (SSSR count). The van der Waals surface area contributed by atoms with Crippen LogP contribution in [0.5, 0.6) is 0 Å². The van der Waals surface area contributed by atoms with Gasteiger partial charge in [-0.15, -0.1) is 0 Å². The Hall–Kier alpha value is 0.330. The second-order valence-corrected chi connectivity index (χ2v) is 4.75. The first-order valence-corrected chi connectivity index (χ1v) is 4.27. The van der Waals surface area contributed by atoms with Crippen LogP contribution in [-0.4, -0.2) is 27.0 Å². The van der Waals surface area contributed by atoms with Crippen LogP contribution in [0.2, 0.25) is 0 Å². The largest absolute Gasteiger partial charge is 0.392 e. The molecule has 2 N–H and O–H groups in total. The van der Waals surface area contributed by atoms with Gasteiger partial charge in [-0.1, -0.05) is 0 Å². The van der Waals surface area contributed by atoms with Crippen LogP contribution in [0.1, 0.15) is 26.7 Å². The predicted molar refractivity (Wildman–Crippen MR) is 45.4 cm³/mol. The van der Waals surface area contributed by atoms with Gasteiger partial charge in [0.05, 0.1) is 12.2 Å². The van der Waals surface area contributed by atoms with Crippen molar-refractivity contribution in [3.63, 3.8) is 0 Å². The summed E-state index contributed by atoms with van der Waals surface area (Å²) in [5, 5.41) is 17.7. The van der Waals surface area contributed by atoms with E-state index in [0.717, 1.165) is 0 Å². The molecule has 0 saturated carbocycles. The molecular formula is C7H14BrFO2. The minimum atomic E-state index is -1.74. The van der Waals surface area contributed by atoms with E-state index in [9.17, 15) is 9.50 Å². The summed E-state index contributed by atoms with van der Waals surface area (Å²) in [6, 6.07) is 0. The van der Waals surface area contributed by atoms with Gasteiger partial charge in [-0.25, -0.2) is 4.39 Å². The van der Waals surface area contributed by atoms with E-state index in [4.69, 9.17) is 5.11 Å². The second-order valence-electron chi connectivity index (χ2n) is 3.33. The van der Waals surface area contributed by atoms with Crippen LogP contribution in [0, 0.1) is 0 Å². The van der Waals surface area contributed by atoms with E-state index in [1.165, 1.54) is 0 Å². The van der Waals surface area contributed by atoms with Crippen LogP contribution in [-0.2, 0) is 0 Å². The summed E-state index contributed by atoms with van der Waals surface area (Å²) in [5.41, 5.74) is -0.875. The third-order valence-electron chi connectivity index (χ3n) is 1.33. The van der Waals surface area contributed by atoms with E-state index < -0.39 is 16.8 Å². The molecule has 68 valence electrons. The highest BCUT2D eigenvalue weighted by atomic mass is 79.9. The molecule has 0 aromatic carbocycles. The number of hydrogen-bond acceptors (Lipinski definition) is 2. The lowest BCUT2D eigenvalue weighted by Gasteiger charge is -2.21. The molecule has 0 aromatic heterocycles. The van der Waals surface area contributed by atoms with Crippen molar-refractivity contribution in [3.8, 4) is 0 Å². The molecule has 0 fully saturated rings. The molecule has 0 spiro atoms. The first kappa shape index (κ1) is 11.3. The molecule has 1 atom stereocenters. The van der Waals surface area contributed by atoms with Crippen LogP contribution >= 0.6 is 15.9 Å². The van der Waals surface area contributed by atoms with Crippen molar-refractivity contribution in [2.24, 2.45) is 0 Å². The fourth-order valence-corrected chi connectivity index (χ4v) is 0.766. The first-order chi connectivity index (χ1) is 4.77. The standard InChI is InChI=1S/C7H14BrFO2/c1-6(2,11)3-4-7(8,9)5-10/h10-11H,3-5H2,1-2H3. The van der Waals surface area contributed by atoms with Crippen molar-refractivity contribution in [1.82, 2.24) is 0 Å². The molecule has 2 nitrogen and oxygen atoms in total. The van der Waals surface area contributed by atoms with E-state index in [-0.39, 0.29) is 6.42 Å². The van der Waals surface area contributed by atoms with Crippen molar-refractivity contribution >= 4 is 15.9 Å². The average molecular weight is 229 g/mol. The van der Waals surface area contributed by atoms with E-state index >= 15 is 0 Å². The monoisotopic (exact) mass is 228 g/mol. The Morgan fingerprint density at radius 2 is 1.82 bits per heavy atom. The minimum Gasteiger partial charge on any atom is -0.392 e. The summed E-state index contributed by atoms with van der Waals surface area (Å²) < 4.78 is 11.2. The molecule has 0 aliphatic carbocycles. The summed E-state index contributed by atoms with van der Waals surface area (Å²) in [5.74, 6) is 0. The zero-order valence-electron chi connectivity index (χ0n) is 6.77. The van der Waals surface area contributed by atoms with Gasteiger partial charge in [-0.05, 0) is 42.6 Å². The van der Waals surface area contributed by atoms with Gasteiger partial charge in [0.15, 0.2) is 4.58 Å². The highest BCUT2D eigenvalue weighted by molar-refractivity contribution is 9.10. The van der Waals surface area contributed by atoms with E-state index in [2.05, 4.69) is 15.9 Å². The Bertz CT molecular complexity index is 120. The summed E-state index contributed by atoms with van der Waals surface area (Å²) >= 11 is 2.71. The Kier molecular flexibility index (Phi) is 3.94. The molecule has 0 aromatic rings. The molecule has 4 heteroatoms. The molecule has 0 bridgehead atoms. The zero-order valence-corrected chi connectivity index (χ0v) is 8.36. The number of rotatable bonds is 4. The van der Waals surface area contributed by atoms with Gasteiger partial charge in [0, 0.05) is 0 Å². The topological polar surface area (TPSA) is 40.5 Å². The third kappa shape index (κ3) is 6.72. The first-order valence-electron chi connectivity index (χ1n) is 3.48. The molecule has 0 saturated heterocycles. The Morgan fingerprint density at radius 3 is 2.09 bits per heavy atom. The van der Waals surface area contributed by atoms with E-state index in [1.54, 1.807) is 13.8 Å². The molecular weight excluding hydrogens is 215 g/mol. The van der Waals surface area contributed by atoms with Crippen LogP contribution in [0.25, 0.3) is 0 Å². The van der Waals surface area contributed by atoms with Crippen LogP contribution < -0.4 is 0 Å². The van der Waals surface area contributed by atoms with Gasteiger partial charge < -0.3 is 10.2 Å². The second kappa shape index (κ2) is 3.83. The number of alkyl halides is 2. The average Bonchev–Trinajstić information content (AvgIpc) is 1.83. The number of aliphatic hydroxyl groups excluding tert-OH is 1. The number of hydrogen-bond donors (Lipinski definition) is 2. The summed E-state index contributed by atoms with van der Waals surface area (Å²) in [7, 11) is 0. The Balaban J connectivity index is 3.70. The van der Waals surface area contributed by atoms with Crippen molar-refractivity contribution < 1.29 is 14.6 Å². The molecule has 1 unspecified atom stereocenters. The smallest absolute Gasteiger partial charge is 0.187 e. The molecule has 0 heterocycles. The van der Waals surface area contributed by atoms with Gasteiger partial charge in [0.1, 0.15) is 0 Å². The van der Waals surface area contributed by atoms with Crippen LogP contribution in [0.15, 0.2) is 0 Å². The lowest BCUT2D eigenvalue weighted by atomic mass is 10.0. The number of aliphatic hydroxyl groups is 2. The van der Waals surface area contributed by atoms with Gasteiger partial charge in [0.25, 0.3) is 0 Å². The van der Waals surface area contributed by atoms with Crippen molar-refractivity contribution in [2.75, 3.05) is 6.61 Å². The van der Waals surface area contributed by atoms with Crippen LogP contribution in [0.3, 0.4) is 0 Å². The fourth-order valence-electron chi connectivity index (χ4n) is 0.568. The molecule has 11 heavy (non-hydrogen) atoms. The highest BCUT2D eigenvalue weighted by Gasteiger charge is 2.27. The predicted octanol–water partition coefficient (Wildman–Crippen LogP) is 1.59. The van der Waals surface area contributed by atoms with Gasteiger partial charge >= 0.3 is 0 Å². The van der Waals surface area contributed by atoms with Crippen molar-refractivity contribution in [2.45, 2.75) is 36.9 Å². The lowest BCUT2D eigenvalue weighted by Crippen LogP contribution is -2.26. The highest BCUT2D eigenvalue weighted by Crippen LogP contribution is 2.28. The van der Waals surface area contributed by atoms with Gasteiger partial charge in [-0.3, -0.25) is 0 Å². The van der Waals surface area contributed by atoms with Gasteiger partial charge in [-0.2, -0.15) is 0 Å². The van der Waals surface area contributed by atoms with E-state index in [0.29, 0.717) is 6.42 Å².